The van der Waals surface area contributed by atoms with E-state index in [4.69, 9.17) is 9.47 Å². The van der Waals surface area contributed by atoms with Crippen LogP contribution in [0.5, 0.6) is 11.5 Å². The van der Waals surface area contributed by atoms with Crippen molar-refractivity contribution in [2.75, 3.05) is 18.5 Å². The Morgan fingerprint density at radius 2 is 1.86 bits per heavy atom. The van der Waals surface area contributed by atoms with Crippen LogP contribution >= 0.6 is 0 Å². The number of aromatic nitrogens is 2. The number of amides is 1. The molecule has 0 saturated heterocycles. The van der Waals surface area contributed by atoms with Crippen LogP contribution in [0.25, 0.3) is 11.3 Å². The van der Waals surface area contributed by atoms with Gasteiger partial charge in [-0.25, -0.2) is 0 Å². The van der Waals surface area contributed by atoms with Crippen LogP contribution < -0.4 is 14.8 Å². The summed E-state index contributed by atoms with van der Waals surface area (Å²) in [5.74, 6) is 1.21. The van der Waals surface area contributed by atoms with Gasteiger partial charge in [0.05, 0.1) is 18.8 Å². The lowest BCUT2D eigenvalue weighted by Crippen LogP contribution is -2.12. The van der Waals surface area contributed by atoms with Crippen LogP contribution in [0.3, 0.4) is 0 Å². The molecule has 0 saturated carbocycles. The van der Waals surface area contributed by atoms with Crippen LogP contribution in [-0.4, -0.2) is 28.9 Å². The normalized spacial score (nSPS) is 13.1. The quantitative estimate of drug-likeness (QED) is 0.745. The van der Waals surface area contributed by atoms with Gasteiger partial charge >= 0.3 is 0 Å². The maximum Gasteiger partial charge on any atom is 0.259 e. The number of hydrogen-bond donors (Lipinski definition) is 1. The van der Waals surface area contributed by atoms with Crippen LogP contribution in [0, 0.1) is 0 Å². The van der Waals surface area contributed by atoms with Gasteiger partial charge < -0.3 is 14.8 Å². The second kappa shape index (κ2) is 7.76. The van der Waals surface area contributed by atoms with Crippen LogP contribution in [0.15, 0.2) is 48.7 Å². The molecule has 3 aromatic rings. The van der Waals surface area contributed by atoms with Gasteiger partial charge in [0.15, 0.2) is 11.5 Å². The molecule has 1 aliphatic rings. The molecule has 0 bridgehead atoms. The molecule has 6 nitrogen and oxygen atoms in total. The minimum Gasteiger partial charge on any atom is -0.490 e. The third kappa shape index (κ3) is 3.71. The Labute approximate surface area is 164 Å². The standard InChI is InChI=1S/C22H23N3O3/c1-3-15-5-8-17(9-6-15)23-22(26)18-14-25(2)24-21(18)16-7-10-19-20(13-16)28-12-4-11-27-19/h5-10,13-14H,3-4,11-12H2,1-2H3,(H,23,26). The van der Waals surface area contributed by atoms with Crippen molar-refractivity contribution in [2.45, 2.75) is 19.8 Å². The van der Waals surface area contributed by atoms with Crippen molar-refractivity contribution in [1.29, 1.82) is 0 Å². The van der Waals surface area contributed by atoms with E-state index >= 15 is 0 Å². The fourth-order valence-corrected chi connectivity index (χ4v) is 3.20. The molecular weight excluding hydrogens is 354 g/mol. The Balaban J connectivity index is 1.63. The highest BCUT2D eigenvalue weighted by molar-refractivity contribution is 6.08. The molecule has 1 aliphatic heterocycles. The lowest BCUT2D eigenvalue weighted by Gasteiger charge is -2.10. The van der Waals surface area contributed by atoms with Crippen molar-refractivity contribution in [3.05, 3.63) is 59.8 Å². The van der Waals surface area contributed by atoms with Crippen LogP contribution in [0.4, 0.5) is 5.69 Å². The van der Waals surface area contributed by atoms with E-state index in [0.29, 0.717) is 30.2 Å². The van der Waals surface area contributed by atoms with Gasteiger partial charge in [-0.3, -0.25) is 9.48 Å². The number of carbonyl (C=O) groups excluding carboxylic acids is 1. The molecule has 1 aromatic heterocycles. The Morgan fingerprint density at radius 1 is 1.11 bits per heavy atom. The summed E-state index contributed by atoms with van der Waals surface area (Å²) in [4.78, 5) is 12.9. The first kappa shape index (κ1) is 18.1. The zero-order valence-electron chi connectivity index (χ0n) is 16.1. The van der Waals surface area contributed by atoms with Crippen molar-refractivity contribution in [1.82, 2.24) is 9.78 Å². The highest BCUT2D eigenvalue weighted by atomic mass is 16.5. The molecule has 28 heavy (non-hydrogen) atoms. The summed E-state index contributed by atoms with van der Waals surface area (Å²) >= 11 is 0. The van der Waals surface area contributed by atoms with Crippen LogP contribution in [-0.2, 0) is 13.5 Å². The number of hydrogen-bond acceptors (Lipinski definition) is 4. The predicted molar refractivity (Wildman–Crippen MR) is 108 cm³/mol. The zero-order chi connectivity index (χ0) is 19.5. The number of ether oxygens (including phenoxy) is 2. The largest absolute Gasteiger partial charge is 0.490 e. The van der Waals surface area contributed by atoms with E-state index in [-0.39, 0.29) is 5.91 Å². The molecule has 0 fully saturated rings. The third-order valence-corrected chi connectivity index (χ3v) is 4.71. The van der Waals surface area contributed by atoms with E-state index < -0.39 is 0 Å². The maximum absolute atomic E-state index is 12.9. The number of anilines is 1. The highest BCUT2D eigenvalue weighted by Gasteiger charge is 2.20. The molecule has 6 heteroatoms. The number of carbonyl (C=O) groups is 1. The number of nitrogens with zero attached hydrogens (tertiary/aromatic N) is 2. The summed E-state index contributed by atoms with van der Waals surface area (Å²) in [6.45, 7) is 3.35. The first-order valence-electron chi connectivity index (χ1n) is 9.48. The molecule has 144 valence electrons. The third-order valence-electron chi connectivity index (χ3n) is 4.71. The van der Waals surface area contributed by atoms with Crippen molar-refractivity contribution >= 4 is 11.6 Å². The van der Waals surface area contributed by atoms with E-state index in [9.17, 15) is 4.79 Å². The first-order valence-corrected chi connectivity index (χ1v) is 9.48. The van der Waals surface area contributed by atoms with Gasteiger partial charge in [-0.15, -0.1) is 0 Å². The molecule has 0 unspecified atom stereocenters. The average molecular weight is 377 g/mol. The summed E-state index contributed by atoms with van der Waals surface area (Å²) in [6, 6.07) is 13.5. The van der Waals surface area contributed by atoms with Gasteiger partial charge in [-0.2, -0.15) is 5.10 Å². The second-order valence-corrected chi connectivity index (χ2v) is 6.78. The summed E-state index contributed by atoms with van der Waals surface area (Å²) in [5.41, 5.74) is 3.93. The molecule has 4 rings (SSSR count). The molecule has 1 N–H and O–H groups in total. The second-order valence-electron chi connectivity index (χ2n) is 6.78. The van der Waals surface area contributed by atoms with E-state index in [1.54, 1.807) is 17.9 Å². The highest BCUT2D eigenvalue weighted by Crippen LogP contribution is 2.35. The van der Waals surface area contributed by atoms with Gasteiger partial charge in [-0.1, -0.05) is 19.1 Å². The SMILES string of the molecule is CCc1ccc(NC(=O)c2cn(C)nc2-c2ccc3c(c2)OCCCO3)cc1. The number of fused-ring (bicyclic) bond motifs is 1. The van der Waals surface area contributed by atoms with E-state index in [0.717, 1.165) is 29.8 Å². The minimum absolute atomic E-state index is 0.195. The average Bonchev–Trinajstić information content (AvgIpc) is 2.95. The molecule has 0 aliphatic carbocycles. The lowest BCUT2D eigenvalue weighted by molar-refractivity contribution is 0.102. The van der Waals surface area contributed by atoms with Gasteiger partial charge in [0.1, 0.15) is 5.69 Å². The Hall–Kier alpha value is -3.28. The minimum atomic E-state index is -0.195. The molecule has 0 atom stereocenters. The fourth-order valence-electron chi connectivity index (χ4n) is 3.20. The molecule has 2 aromatic carbocycles. The molecule has 0 spiro atoms. The van der Waals surface area contributed by atoms with E-state index in [1.807, 2.05) is 42.5 Å². The molecule has 2 heterocycles. The van der Waals surface area contributed by atoms with Gasteiger partial charge in [-0.05, 0) is 42.3 Å². The number of aryl methyl sites for hydroxylation is 2. The first-order chi connectivity index (χ1) is 13.6. The van der Waals surface area contributed by atoms with Crippen molar-refractivity contribution in [3.8, 4) is 22.8 Å². The number of benzene rings is 2. The van der Waals surface area contributed by atoms with Crippen molar-refractivity contribution in [2.24, 2.45) is 7.05 Å². The molecule has 0 radical (unpaired) electrons. The maximum atomic E-state index is 12.9. The number of rotatable bonds is 4. The molecule has 1 amide bonds. The summed E-state index contributed by atoms with van der Waals surface area (Å²) in [6.07, 6.45) is 3.54. The Kier molecular flexibility index (Phi) is 5.02. The number of nitrogens with one attached hydrogen (secondary N) is 1. The predicted octanol–water partition coefficient (Wildman–Crippen LogP) is 4.06. The smallest absolute Gasteiger partial charge is 0.259 e. The van der Waals surface area contributed by atoms with E-state index in [1.165, 1.54) is 5.56 Å². The Morgan fingerprint density at radius 3 is 2.61 bits per heavy atom. The van der Waals surface area contributed by atoms with Gasteiger partial charge in [0.25, 0.3) is 5.91 Å². The van der Waals surface area contributed by atoms with Crippen molar-refractivity contribution in [3.63, 3.8) is 0 Å². The Bertz CT molecular complexity index is 993. The van der Waals surface area contributed by atoms with Gasteiger partial charge in [0.2, 0.25) is 0 Å². The fraction of sp³-hybridized carbons (Fsp3) is 0.273. The lowest BCUT2D eigenvalue weighted by atomic mass is 10.1. The monoisotopic (exact) mass is 377 g/mol. The van der Waals surface area contributed by atoms with Crippen molar-refractivity contribution < 1.29 is 14.3 Å². The summed E-state index contributed by atoms with van der Waals surface area (Å²) < 4.78 is 13.1. The van der Waals surface area contributed by atoms with Crippen LogP contribution in [0.1, 0.15) is 29.3 Å². The van der Waals surface area contributed by atoms with E-state index in [2.05, 4.69) is 17.3 Å². The summed E-state index contributed by atoms with van der Waals surface area (Å²) in [5, 5.41) is 7.46. The zero-order valence-corrected chi connectivity index (χ0v) is 16.1. The van der Waals surface area contributed by atoms with Crippen LogP contribution in [0.2, 0.25) is 0 Å². The summed E-state index contributed by atoms with van der Waals surface area (Å²) in [7, 11) is 1.80. The van der Waals surface area contributed by atoms with Gasteiger partial charge in [0, 0.05) is 30.9 Å². The topological polar surface area (TPSA) is 65.4 Å². The molecular formula is C22H23N3O3.